The topological polar surface area (TPSA) is 26.3 Å². The molecule has 0 N–H and O–H groups in total. The van der Waals surface area contributed by atoms with Gasteiger partial charge >= 0.3 is 0 Å². The fourth-order valence-electron chi connectivity index (χ4n) is 1.50. The van der Waals surface area contributed by atoms with Crippen molar-refractivity contribution in [3.05, 3.63) is 0 Å². The molecule has 1 atom stereocenters. The van der Waals surface area contributed by atoms with Crippen molar-refractivity contribution in [3.63, 3.8) is 0 Å². The van der Waals surface area contributed by atoms with Crippen LogP contribution in [0.1, 0.15) is 40.0 Å². The number of hydrogen-bond donors (Lipinski definition) is 0. The van der Waals surface area contributed by atoms with Gasteiger partial charge in [-0.05, 0) is 5.92 Å². The molecule has 0 rings (SSSR count). The lowest BCUT2D eigenvalue weighted by Gasteiger charge is -2.21. The molecule has 12 heavy (non-hydrogen) atoms. The van der Waals surface area contributed by atoms with E-state index in [1.54, 1.807) is 7.11 Å². The maximum atomic E-state index is 11.4. The summed E-state index contributed by atoms with van der Waals surface area (Å²) >= 11 is 0. The summed E-state index contributed by atoms with van der Waals surface area (Å²) in [4.78, 5) is 11.4. The summed E-state index contributed by atoms with van der Waals surface area (Å²) in [6, 6.07) is 0. The number of carbonyl (C=O) groups is 1. The summed E-state index contributed by atoms with van der Waals surface area (Å²) in [5, 5.41) is 0. The van der Waals surface area contributed by atoms with Crippen molar-refractivity contribution in [3.8, 4) is 0 Å². The molecule has 0 aromatic heterocycles. The number of ketones is 1. The van der Waals surface area contributed by atoms with Crippen LogP contribution in [-0.2, 0) is 9.53 Å². The first-order valence-corrected chi connectivity index (χ1v) is 4.76. The fraction of sp³-hybridized carbons (Fsp3) is 0.900. The molecule has 2 heteroatoms. The van der Waals surface area contributed by atoms with Crippen molar-refractivity contribution >= 4 is 5.78 Å². The van der Waals surface area contributed by atoms with Crippen LogP contribution in [-0.4, -0.2) is 19.0 Å². The van der Waals surface area contributed by atoms with Crippen molar-refractivity contribution in [1.29, 1.82) is 0 Å². The Balaban J connectivity index is 4.19. The minimum Gasteiger partial charge on any atom is -0.373 e. The molecular formula is C10H20O2. The quantitative estimate of drug-likeness (QED) is 0.615. The van der Waals surface area contributed by atoms with Gasteiger partial charge in [-0.25, -0.2) is 0 Å². The smallest absolute Gasteiger partial charge is 0.161 e. The summed E-state index contributed by atoms with van der Waals surface area (Å²) in [5.74, 6) is 0.619. The van der Waals surface area contributed by atoms with Crippen LogP contribution in [0.15, 0.2) is 0 Å². The standard InChI is InChI=1S/C10H20O2/c1-5-8(6-2)10(12-4)9(11)7-3/h8,10H,5-7H2,1-4H3. The van der Waals surface area contributed by atoms with E-state index in [1.165, 1.54) is 0 Å². The molecule has 0 saturated carbocycles. The molecule has 0 spiro atoms. The predicted molar refractivity (Wildman–Crippen MR) is 50.2 cm³/mol. The molecule has 0 aromatic carbocycles. The Hall–Kier alpha value is -0.370. The van der Waals surface area contributed by atoms with E-state index in [-0.39, 0.29) is 11.9 Å². The zero-order valence-corrected chi connectivity index (χ0v) is 8.59. The van der Waals surface area contributed by atoms with Gasteiger partial charge in [0.05, 0.1) is 0 Å². The molecule has 0 amide bonds. The van der Waals surface area contributed by atoms with Gasteiger partial charge in [0.1, 0.15) is 6.10 Å². The second kappa shape index (κ2) is 6.18. The van der Waals surface area contributed by atoms with Gasteiger partial charge in [-0.1, -0.05) is 33.6 Å². The SMILES string of the molecule is CCC(=O)C(OC)C(CC)CC. The third kappa shape index (κ3) is 2.94. The van der Waals surface area contributed by atoms with Gasteiger partial charge in [-0.2, -0.15) is 0 Å². The van der Waals surface area contributed by atoms with Gasteiger partial charge in [0.15, 0.2) is 5.78 Å². The van der Waals surface area contributed by atoms with E-state index in [0.29, 0.717) is 12.3 Å². The van der Waals surface area contributed by atoms with E-state index in [4.69, 9.17) is 4.74 Å². The van der Waals surface area contributed by atoms with Gasteiger partial charge in [0.2, 0.25) is 0 Å². The van der Waals surface area contributed by atoms with E-state index in [2.05, 4.69) is 13.8 Å². The second-order valence-corrected chi connectivity index (χ2v) is 3.05. The lowest BCUT2D eigenvalue weighted by Crippen LogP contribution is -2.30. The maximum Gasteiger partial charge on any atom is 0.161 e. The van der Waals surface area contributed by atoms with Crippen LogP contribution in [0.2, 0.25) is 0 Å². The minimum absolute atomic E-state index is 0.176. The Labute approximate surface area is 75.3 Å². The Morgan fingerprint density at radius 1 is 1.25 bits per heavy atom. The van der Waals surface area contributed by atoms with Gasteiger partial charge in [-0.3, -0.25) is 4.79 Å². The number of hydrogen-bond acceptors (Lipinski definition) is 2. The number of Topliss-reactive ketones (excluding diaryl/α,β-unsaturated/α-hetero) is 1. The summed E-state index contributed by atoms with van der Waals surface area (Å²) in [6.07, 6.45) is 2.43. The van der Waals surface area contributed by atoms with Crippen molar-refractivity contribution in [2.24, 2.45) is 5.92 Å². The first kappa shape index (κ1) is 11.6. The van der Waals surface area contributed by atoms with Crippen LogP contribution in [0.4, 0.5) is 0 Å². The molecule has 0 aromatic rings. The molecule has 1 unspecified atom stereocenters. The molecule has 0 fully saturated rings. The number of ether oxygens (including phenoxy) is 1. The number of carbonyl (C=O) groups excluding carboxylic acids is 1. The van der Waals surface area contributed by atoms with Gasteiger partial charge < -0.3 is 4.74 Å². The first-order valence-electron chi connectivity index (χ1n) is 4.76. The largest absolute Gasteiger partial charge is 0.373 e. The lowest BCUT2D eigenvalue weighted by atomic mass is 9.92. The van der Waals surface area contributed by atoms with Crippen LogP contribution < -0.4 is 0 Å². The molecule has 0 heterocycles. The van der Waals surface area contributed by atoms with Crippen LogP contribution in [0.3, 0.4) is 0 Å². The highest BCUT2D eigenvalue weighted by atomic mass is 16.5. The van der Waals surface area contributed by atoms with E-state index in [9.17, 15) is 4.79 Å². The molecule has 0 aliphatic carbocycles. The van der Waals surface area contributed by atoms with Crippen LogP contribution >= 0.6 is 0 Å². The summed E-state index contributed by atoms with van der Waals surface area (Å²) in [5.41, 5.74) is 0. The zero-order valence-electron chi connectivity index (χ0n) is 8.59. The third-order valence-corrected chi connectivity index (χ3v) is 2.40. The average molecular weight is 172 g/mol. The van der Waals surface area contributed by atoms with Crippen molar-refractivity contribution < 1.29 is 9.53 Å². The number of methoxy groups -OCH3 is 1. The van der Waals surface area contributed by atoms with Gasteiger partial charge in [0.25, 0.3) is 0 Å². The van der Waals surface area contributed by atoms with Crippen molar-refractivity contribution in [1.82, 2.24) is 0 Å². The molecular weight excluding hydrogens is 152 g/mol. The monoisotopic (exact) mass is 172 g/mol. The van der Waals surface area contributed by atoms with Crippen LogP contribution in [0.25, 0.3) is 0 Å². The number of rotatable bonds is 6. The second-order valence-electron chi connectivity index (χ2n) is 3.05. The molecule has 0 aliphatic rings. The lowest BCUT2D eigenvalue weighted by molar-refractivity contribution is -0.131. The van der Waals surface area contributed by atoms with Crippen molar-refractivity contribution in [2.45, 2.75) is 46.1 Å². The summed E-state index contributed by atoms with van der Waals surface area (Å²) in [7, 11) is 1.62. The average Bonchev–Trinajstić information content (AvgIpc) is 2.12. The Kier molecular flexibility index (Phi) is 5.99. The highest BCUT2D eigenvalue weighted by Crippen LogP contribution is 2.17. The molecule has 0 saturated heterocycles. The molecule has 0 bridgehead atoms. The van der Waals surface area contributed by atoms with Crippen molar-refractivity contribution in [2.75, 3.05) is 7.11 Å². The normalized spacial score (nSPS) is 13.4. The van der Waals surface area contributed by atoms with Crippen LogP contribution in [0.5, 0.6) is 0 Å². The summed E-state index contributed by atoms with van der Waals surface area (Å²) < 4.78 is 5.20. The highest BCUT2D eigenvalue weighted by Gasteiger charge is 2.23. The minimum atomic E-state index is -0.176. The van der Waals surface area contributed by atoms with E-state index in [1.807, 2.05) is 6.92 Å². The highest BCUT2D eigenvalue weighted by molar-refractivity contribution is 5.83. The summed E-state index contributed by atoms with van der Waals surface area (Å²) in [6.45, 7) is 6.09. The molecule has 0 aliphatic heterocycles. The predicted octanol–water partition coefficient (Wildman–Crippen LogP) is 2.42. The van der Waals surface area contributed by atoms with E-state index >= 15 is 0 Å². The Morgan fingerprint density at radius 3 is 2.00 bits per heavy atom. The maximum absolute atomic E-state index is 11.4. The molecule has 0 radical (unpaired) electrons. The Bertz CT molecular complexity index is 128. The zero-order chi connectivity index (χ0) is 9.56. The Morgan fingerprint density at radius 2 is 1.75 bits per heavy atom. The van der Waals surface area contributed by atoms with E-state index in [0.717, 1.165) is 12.8 Å². The van der Waals surface area contributed by atoms with Gasteiger partial charge in [0, 0.05) is 13.5 Å². The van der Waals surface area contributed by atoms with Gasteiger partial charge in [-0.15, -0.1) is 0 Å². The third-order valence-electron chi connectivity index (χ3n) is 2.40. The fourth-order valence-corrected chi connectivity index (χ4v) is 1.50. The van der Waals surface area contributed by atoms with Crippen LogP contribution in [0, 0.1) is 5.92 Å². The van der Waals surface area contributed by atoms with E-state index < -0.39 is 0 Å². The molecule has 72 valence electrons. The molecule has 2 nitrogen and oxygen atoms in total. The first-order chi connectivity index (χ1) is 5.71.